The van der Waals surface area contributed by atoms with Gasteiger partial charge in [-0.2, -0.15) is 0 Å². The SMILES string of the molecule is COc1ccc(N(CC(=O)N(Cc2ccc(Cl)cc2)[C@@H](C)C(=O)NC2CCCCC2)S(C)(=O)=O)cc1Cl. The molecule has 1 N–H and O–H groups in total. The number of amides is 2. The van der Waals surface area contributed by atoms with Gasteiger partial charge >= 0.3 is 0 Å². The van der Waals surface area contributed by atoms with Gasteiger partial charge in [0, 0.05) is 17.6 Å². The maximum atomic E-state index is 13.6. The summed E-state index contributed by atoms with van der Waals surface area (Å²) in [7, 11) is -2.41. The quantitative estimate of drug-likeness (QED) is 0.449. The zero-order valence-corrected chi connectivity index (χ0v) is 23.6. The summed E-state index contributed by atoms with van der Waals surface area (Å²) in [5.41, 5.74) is 0.973. The lowest BCUT2D eigenvalue weighted by Gasteiger charge is -2.33. The van der Waals surface area contributed by atoms with Gasteiger partial charge in [-0.15, -0.1) is 0 Å². The van der Waals surface area contributed by atoms with Crippen LogP contribution in [0.5, 0.6) is 5.75 Å². The molecule has 0 unspecified atom stereocenters. The molecule has 0 radical (unpaired) electrons. The van der Waals surface area contributed by atoms with Crippen molar-refractivity contribution < 1.29 is 22.7 Å². The van der Waals surface area contributed by atoms with E-state index in [-0.39, 0.29) is 29.2 Å². The Morgan fingerprint density at radius 3 is 2.30 bits per heavy atom. The number of hydrogen-bond acceptors (Lipinski definition) is 5. The van der Waals surface area contributed by atoms with Gasteiger partial charge in [0.1, 0.15) is 18.3 Å². The summed E-state index contributed by atoms with van der Waals surface area (Å²) >= 11 is 12.2. The van der Waals surface area contributed by atoms with Crippen molar-refractivity contribution in [2.24, 2.45) is 0 Å². The maximum Gasteiger partial charge on any atom is 0.244 e. The number of anilines is 1. The van der Waals surface area contributed by atoms with Crippen molar-refractivity contribution >= 4 is 50.7 Å². The van der Waals surface area contributed by atoms with Crippen LogP contribution in [0.15, 0.2) is 42.5 Å². The Morgan fingerprint density at radius 2 is 1.73 bits per heavy atom. The highest BCUT2D eigenvalue weighted by molar-refractivity contribution is 7.92. The van der Waals surface area contributed by atoms with Gasteiger partial charge in [0.05, 0.1) is 24.1 Å². The second-order valence-electron chi connectivity index (χ2n) is 9.26. The van der Waals surface area contributed by atoms with Crippen LogP contribution >= 0.6 is 23.2 Å². The predicted octanol–water partition coefficient (Wildman–Crippen LogP) is 4.63. The van der Waals surface area contributed by atoms with Gasteiger partial charge in [-0.3, -0.25) is 13.9 Å². The highest BCUT2D eigenvalue weighted by Crippen LogP contribution is 2.30. The fraction of sp³-hybridized carbons (Fsp3) is 0.462. The summed E-state index contributed by atoms with van der Waals surface area (Å²) in [5.74, 6) is -0.422. The first-order chi connectivity index (χ1) is 17.5. The Balaban J connectivity index is 1.88. The Kier molecular flexibility index (Phi) is 10.1. The predicted molar refractivity (Wildman–Crippen MR) is 147 cm³/mol. The number of halogens is 2. The zero-order chi connectivity index (χ0) is 27.2. The summed E-state index contributed by atoms with van der Waals surface area (Å²) in [6.07, 6.45) is 6.09. The first-order valence-corrected chi connectivity index (χ1v) is 14.8. The molecule has 1 fully saturated rings. The number of hydrogen-bond donors (Lipinski definition) is 1. The first kappa shape index (κ1) is 29.1. The van der Waals surface area contributed by atoms with E-state index < -0.39 is 28.5 Å². The third kappa shape index (κ3) is 7.99. The fourth-order valence-electron chi connectivity index (χ4n) is 4.36. The van der Waals surface area contributed by atoms with Gasteiger partial charge in [-0.25, -0.2) is 8.42 Å². The number of nitrogens with zero attached hydrogens (tertiary/aromatic N) is 2. The van der Waals surface area contributed by atoms with Crippen molar-refractivity contribution in [3.05, 3.63) is 58.1 Å². The van der Waals surface area contributed by atoms with E-state index in [0.29, 0.717) is 10.8 Å². The first-order valence-electron chi connectivity index (χ1n) is 12.1. The minimum absolute atomic E-state index is 0.0742. The van der Waals surface area contributed by atoms with Gasteiger partial charge in [0.25, 0.3) is 0 Å². The van der Waals surface area contributed by atoms with E-state index in [1.165, 1.54) is 30.2 Å². The molecule has 1 aliphatic rings. The Morgan fingerprint density at radius 1 is 1.08 bits per heavy atom. The van der Waals surface area contributed by atoms with Crippen LogP contribution in [0, 0.1) is 0 Å². The van der Waals surface area contributed by atoms with Crippen molar-refractivity contribution in [2.75, 3.05) is 24.2 Å². The Labute approximate surface area is 228 Å². The molecule has 3 rings (SSSR count). The molecule has 37 heavy (non-hydrogen) atoms. The van der Waals surface area contributed by atoms with Crippen LogP contribution in [-0.2, 0) is 26.2 Å². The van der Waals surface area contributed by atoms with Gasteiger partial charge in [-0.05, 0) is 55.7 Å². The third-order valence-corrected chi connectivity index (χ3v) is 8.18. The molecule has 1 saturated carbocycles. The summed E-state index contributed by atoms with van der Waals surface area (Å²) < 4.78 is 31.5. The summed E-state index contributed by atoms with van der Waals surface area (Å²) in [4.78, 5) is 28.2. The van der Waals surface area contributed by atoms with E-state index in [1.807, 2.05) is 0 Å². The molecule has 2 amide bonds. The molecule has 0 aliphatic heterocycles. The molecule has 202 valence electrons. The molecule has 0 saturated heterocycles. The van der Waals surface area contributed by atoms with Crippen LogP contribution in [-0.4, -0.2) is 57.1 Å². The molecule has 0 aromatic heterocycles. The van der Waals surface area contributed by atoms with Crippen LogP contribution in [0.4, 0.5) is 5.69 Å². The van der Waals surface area contributed by atoms with E-state index in [4.69, 9.17) is 27.9 Å². The second-order valence-corrected chi connectivity index (χ2v) is 12.0. The number of carbonyl (C=O) groups excluding carboxylic acids is 2. The van der Waals surface area contributed by atoms with Gasteiger partial charge in [0.15, 0.2) is 0 Å². The lowest BCUT2D eigenvalue weighted by atomic mass is 9.95. The van der Waals surface area contributed by atoms with Crippen molar-refractivity contribution in [3.63, 3.8) is 0 Å². The summed E-state index contributed by atoms with van der Waals surface area (Å²) in [6, 6.07) is 10.7. The largest absolute Gasteiger partial charge is 0.495 e. The Bertz CT molecular complexity index is 1200. The molecule has 11 heteroatoms. The summed E-state index contributed by atoms with van der Waals surface area (Å²) in [5, 5.41) is 3.82. The second kappa shape index (κ2) is 12.8. The van der Waals surface area contributed by atoms with E-state index >= 15 is 0 Å². The van der Waals surface area contributed by atoms with E-state index in [0.717, 1.165) is 48.2 Å². The monoisotopic (exact) mass is 569 g/mol. The zero-order valence-electron chi connectivity index (χ0n) is 21.2. The van der Waals surface area contributed by atoms with Crippen molar-refractivity contribution in [1.82, 2.24) is 10.2 Å². The fourth-order valence-corrected chi connectivity index (χ4v) is 5.58. The van der Waals surface area contributed by atoms with Crippen LogP contribution in [0.1, 0.15) is 44.6 Å². The van der Waals surface area contributed by atoms with Crippen LogP contribution in [0.25, 0.3) is 0 Å². The molecular formula is C26H33Cl2N3O5S. The number of sulfonamides is 1. The molecule has 1 aliphatic carbocycles. The number of benzene rings is 2. The normalized spacial score (nSPS) is 15.1. The molecule has 8 nitrogen and oxygen atoms in total. The minimum Gasteiger partial charge on any atom is -0.495 e. The molecule has 0 heterocycles. The standard InChI is InChI=1S/C26H33Cl2N3O5S/c1-18(26(33)29-21-7-5-4-6-8-21)30(16-19-9-11-20(27)12-10-19)25(32)17-31(37(3,34)35)22-13-14-24(36-2)23(28)15-22/h9-15,18,21H,4-8,16-17H2,1-3H3,(H,29,33)/t18-/m0/s1. The molecule has 2 aromatic carbocycles. The molecule has 0 spiro atoms. The van der Waals surface area contributed by atoms with Crippen LogP contribution in [0.3, 0.4) is 0 Å². The number of rotatable bonds is 10. The maximum absolute atomic E-state index is 13.6. The number of carbonyl (C=O) groups is 2. The Hall–Kier alpha value is -2.49. The highest BCUT2D eigenvalue weighted by Gasteiger charge is 2.31. The topological polar surface area (TPSA) is 96.0 Å². The van der Waals surface area contributed by atoms with Crippen molar-refractivity contribution in [2.45, 2.75) is 57.7 Å². The van der Waals surface area contributed by atoms with Crippen molar-refractivity contribution in [3.8, 4) is 5.75 Å². The van der Waals surface area contributed by atoms with Crippen LogP contribution in [0.2, 0.25) is 10.0 Å². The molecule has 0 bridgehead atoms. The lowest BCUT2D eigenvalue weighted by Crippen LogP contribution is -2.52. The van der Waals surface area contributed by atoms with E-state index in [2.05, 4.69) is 5.32 Å². The number of methoxy groups -OCH3 is 1. The average Bonchev–Trinajstić information content (AvgIpc) is 2.86. The highest BCUT2D eigenvalue weighted by atomic mass is 35.5. The number of nitrogens with one attached hydrogen (secondary N) is 1. The van der Waals surface area contributed by atoms with Gasteiger partial charge < -0.3 is 15.0 Å². The van der Waals surface area contributed by atoms with Gasteiger partial charge in [0.2, 0.25) is 21.8 Å². The lowest BCUT2D eigenvalue weighted by molar-refractivity contribution is -0.139. The van der Waals surface area contributed by atoms with Crippen LogP contribution < -0.4 is 14.4 Å². The molecule has 2 aromatic rings. The number of ether oxygens (including phenoxy) is 1. The summed E-state index contributed by atoms with van der Waals surface area (Å²) in [6.45, 7) is 1.26. The smallest absolute Gasteiger partial charge is 0.244 e. The van der Waals surface area contributed by atoms with E-state index in [1.54, 1.807) is 31.2 Å². The average molecular weight is 571 g/mol. The van der Waals surface area contributed by atoms with E-state index in [9.17, 15) is 18.0 Å². The third-order valence-electron chi connectivity index (χ3n) is 6.49. The van der Waals surface area contributed by atoms with Gasteiger partial charge in [-0.1, -0.05) is 54.6 Å². The minimum atomic E-state index is -3.86. The molecule has 1 atom stereocenters. The van der Waals surface area contributed by atoms with Crippen molar-refractivity contribution in [1.29, 1.82) is 0 Å². The molecular weight excluding hydrogens is 537 g/mol.